The monoisotopic (exact) mass is 593 g/mol. The van der Waals surface area contributed by atoms with Crippen LogP contribution in [0.5, 0.6) is 5.75 Å². The summed E-state index contributed by atoms with van der Waals surface area (Å²) in [4.78, 5) is 31.8. The van der Waals surface area contributed by atoms with E-state index in [1.165, 1.54) is 12.1 Å². The molecule has 3 aromatic carbocycles. The fourth-order valence-corrected chi connectivity index (χ4v) is 5.34. The van der Waals surface area contributed by atoms with Crippen molar-refractivity contribution in [2.75, 3.05) is 25.5 Å². The number of ether oxygens (including phenoxy) is 1. The Bertz CT molecular complexity index is 1800. The maximum Gasteiger partial charge on any atom is 0.253 e. The van der Waals surface area contributed by atoms with Gasteiger partial charge < -0.3 is 20.1 Å². The maximum atomic E-state index is 13.1. The molecule has 1 aliphatic rings. The van der Waals surface area contributed by atoms with Crippen LogP contribution in [0.4, 0.5) is 16.0 Å². The Morgan fingerprint density at radius 2 is 1.59 bits per heavy atom. The Hall–Kier alpha value is -5.09. The number of methoxy groups -OCH3 is 1. The van der Waals surface area contributed by atoms with Crippen LogP contribution < -0.4 is 10.1 Å². The summed E-state index contributed by atoms with van der Waals surface area (Å²) in [7, 11) is 1.54. The Morgan fingerprint density at radius 1 is 0.932 bits per heavy atom. The number of pyridine rings is 1. The van der Waals surface area contributed by atoms with Gasteiger partial charge in [-0.05, 0) is 72.0 Å². The number of ketones is 1. The number of aliphatic hydroxyl groups is 1. The van der Waals surface area contributed by atoms with Crippen molar-refractivity contribution >= 4 is 29.0 Å². The molecule has 1 aliphatic heterocycles. The lowest BCUT2D eigenvalue weighted by molar-refractivity contribution is -0.117. The summed E-state index contributed by atoms with van der Waals surface area (Å²) < 4.78 is 20.4. The summed E-state index contributed by atoms with van der Waals surface area (Å²) in [5.74, 6) is 0.520. The Morgan fingerprint density at radius 3 is 2.27 bits per heavy atom. The molecule has 44 heavy (non-hydrogen) atoms. The fourth-order valence-electron chi connectivity index (χ4n) is 5.34. The number of nitrogens with zero attached hydrogens (tertiary/aromatic N) is 4. The van der Waals surface area contributed by atoms with Gasteiger partial charge in [0.1, 0.15) is 17.3 Å². The number of nitrogens with one attached hydrogen (secondary N) is 1. The lowest BCUT2D eigenvalue weighted by atomic mass is 10.0. The van der Waals surface area contributed by atoms with Crippen LogP contribution in [-0.2, 0) is 17.6 Å². The number of Topliss-reactive ketones (excluding diaryl/α,β-unsaturated/α-hetero) is 1. The van der Waals surface area contributed by atoms with Crippen LogP contribution in [0.25, 0.3) is 16.8 Å². The van der Waals surface area contributed by atoms with Crippen LogP contribution >= 0.6 is 0 Å². The van der Waals surface area contributed by atoms with Gasteiger partial charge in [0.2, 0.25) is 5.95 Å². The molecule has 1 amide bonds. The van der Waals surface area contributed by atoms with Gasteiger partial charge in [0.25, 0.3) is 5.91 Å². The zero-order chi connectivity index (χ0) is 30.6. The minimum absolute atomic E-state index is 0.0639. The highest BCUT2D eigenvalue weighted by molar-refractivity contribution is 5.95. The minimum atomic E-state index is -0.349. The summed E-state index contributed by atoms with van der Waals surface area (Å²) in [6, 6.07) is 22.9. The fraction of sp³-hybridized carbons (Fsp3) is 0.235. The number of aromatic nitrogens is 3. The molecule has 9 nitrogen and oxygen atoms in total. The van der Waals surface area contributed by atoms with Gasteiger partial charge in [-0.15, -0.1) is 5.10 Å². The molecule has 0 radical (unpaired) electrons. The molecule has 0 unspecified atom stereocenters. The third kappa shape index (κ3) is 6.60. The highest BCUT2D eigenvalue weighted by Crippen LogP contribution is 2.29. The molecule has 0 bridgehead atoms. The van der Waals surface area contributed by atoms with E-state index in [1.54, 1.807) is 46.9 Å². The summed E-state index contributed by atoms with van der Waals surface area (Å²) in [6.45, 7) is 1.05. The average Bonchev–Trinajstić information content (AvgIpc) is 3.44. The molecule has 0 saturated carbocycles. The van der Waals surface area contributed by atoms with Crippen molar-refractivity contribution < 1.29 is 23.8 Å². The van der Waals surface area contributed by atoms with Crippen LogP contribution in [0.3, 0.4) is 0 Å². The lowest BCUT2D eigenvalue weighted by Crippen LogP contribution is -2.40. The summed E-state index contributed by atoms with van der Waals surface area (Å²) >= 11 is 0. The van der Waals surface area contributed by atoms with Gasteiger partial charge in [-0.25, -0.2) is 8.91 Å². The Kier molecular flexibility index (Phi) is 8.33. The number of carbonyl (C=O) groups is 2. The van der Waals surface area contributed by atoms with Crippen LogP contribution in [-0.4, -0.2) is 62.6 Å². The highest BCUT2D eigenvalue weighted by Gasteiger charge is 2.23. The molecule has 0 aliphatic carbocycles. The van der Waals surface area contributed by atoms with Gasteiger partial charge in [-0.2, -0.15) is 4.98 Å². The van der Waals surface area contributed by atoms with E-state index in [0.717, 1.165) is 22.3 Å². The highest BCUT2D eigenvalue weighted by atomic mass is 19.1. The molecule has 10 heteroatoms. The number of likely N-dealkylation sites (tertiary alicyclic amines) is 1. The molecule has 6 rings (SSSR count). The van der Waals surface area contributed by atoms with Gasteiger partial charge in [-0.3, -0.25) is 9.59 Å². The molecule has 5 aromatic rings. The summed E-state index contributed by atoms with van der Waals surface area (Å²) in [6.07, 6.45) is 3.26. The van der Waals surface area contributed by atoms with E-state index in [2.05, 4.69) is 15.4 Å². The smallest absolute Gasteiger partial charge is 0.253 e. The van der Waals surface area contributed by atoms with Gasteiger partial charge >= 0.3 is 0 Å². The molecule has 0 atom stereocenters. The number of carbonyl (C=O) groups excluding carboxylic acids is 2. The van der Waals surface area contributed by atoms with Crippen molar-refractivity contribution in [3.63, 3.8) is 0 Å². The second-order valence-electron chi connectivity index (χ2n) is 10.9. The van der Waals surface area contributed by atoms with Gasteiger partial charge in [0.05, 0.1) is 18.9 Å². The SMILES string of the molecule is COc1cc(C(=O)N2CCC(O)CC2)ccc1Nc1nc2ccc(-c3ccc(CC(=O)Cc4ccc(F)cc4)cc3)cn2n1. The predicted molar refractivity (Wildman–Crippen MR) is 165 cm³/mol. The first-order chi connectivity index (χ1) is 21.3. The zero-order valence-corrected chi connectivity index (χ0v) is 24.2. The molecule has 0 spiro atoms. The van der Waals surface area contributed by atoms with Crippen LogP contribution in [0.2, 0.25) is 0 Å². The Labute approximate surface area is 253 Å². The molecule has 1 saturated heterocycles. The first-order valence-corrected chi connectivity index (χ1v) is 14.5. The second kappa shape index (κ2) is 12.6. The van der Waals surface area contributed by atoms with Gasteiger partial charge in [-0.1, -0.05) is 36.4 Å². The minimum Gasteiger partial charge on any atom is -0.495 e. The lowest BCUT2D eigenvalue weighted by Gasteiger charge is -2.29. The summed E-state index contributed by atoms with van der Waals surface area (Å²) in [5.41, 5.74) is 5.39. The van der Waals surface area contributed by atoms with E-state index < -0.39 is 0 Å². The first-order valence-electron chi connectivity index (χ1n) is 14.5. The third-order valence-corrected chi connectivity index (χ3v) is 7.78. The molecule has 224 valence electrons. The number of halogens is 1. The van der Waals surface area contributed by atoms with Crippen molar-refractivity contribution in [2.24, 2.45) is 0 Å². The number of hydrogen-bond donors (Lipinski definition) is 2. The third-order valence-electron chi connectivity index (χ3n) is 7.78. The van der Waals surface area contributed by atoms with Crippen molar-refractivity contribution in [1.82, 2.24) is 19.5 Å². The Balaban J connectivity index is 1.12. The largest absolute Gasteiger partial charge is 0.495 e. The van der Waals surface area contributed by atoms with E-state index in [-0.39, 0.29) is 30.0 Å². The molecule has 1 fully saturated rings. The number of amides is 1. The number of anilines is 2. The number of fused-ring (bicyclic) bond motifs is 1. The molecular weight excluding hydrogens is 561 g/mol. The van der Waals surface area contributed by atoms with Gasteiger partial charge in [0, 0.05) is 43.3 Å². The van der Waals surface area contributed by atoms with E-state index in [4.69, 9.17) is 4.74 Å². The number of aliphatic hydroxyl groups excluding tert-OH is 1. The maximum absolute atomic E-state index is 13.1. The molecule has 3 heterocycles. The first kappa shape index (κ1) is 29.0. The van der Waals surface area contributed by atoms with Crippen LogP contribution in [0.1, 0.15) is 34.3 Å². The van der Waals surface area contributed by atoms with E-state index >= 15 is 0 Å². The van der Waals surface area contributed by atoms with Crippen molar-refractivity contribution in [1.29, 1.82) is 0 Å². The molecule has 2 aromatic heterocycles. The molecular formula is C34H32FN5O4. The number of hydrogen-bond acceptors (Lipinski definition) is 7. The molecule has 2 N–H and O–H groups in total. The predicted octanol–water partition coefficient (Wildman–Crippen LogP) is 5.24. The van der Waals surface area contributed by atoms with E-state index in [9.17, 15) is 19.1 Å². The number of rotatable bonds is 9. The van der Waals surface area contributed by atoms with Crippen molar-refractivity contribution in [2.45, 2.75) is 31.8 Å². The number of benzene rings is 3. The zero-order valence-electron chi connectivity index (χ0n) is 24.2. The quantitative estimate of drug-likeness (QED) is 0.241. The average molecular weight is 594 g/mol. The topological polar surface area (TPSA) is 109 Å². The second-order valence-corrected chi connectivity index (χ2v) is 10.9. The normalized spacial score (nSPS) is 13.7. The number of piperidine rings is 1. The van der Waals surface area contributed by atoms with E-state index in [0.29, 0.717) is 60.9 Å². The van der Waals surface area contributed by atoms with E-state index in [1.807, 2.05) is 42.6 Å². The van der Waals surface area contributed by atoms with Crippen LogP contribution in [0, 0.1) is 5.82 Å². The summed E-state index contributed by atoms with van der Waals surface area (Å²) in [5, 5.41) is 17.5. The van der Waals surface area contributed by atoms with Crippen LogP contribution in [0.15, 0.2) is 85.1 Å². The van der Waals surface area contributed by atoms with Crippen molar-refractivity contribution in [3.8, 4) is 16.9 Å². The standard InChI is InChI=1S/C34H32FN5O4/c1-44-31-20-25(33(43)39-16-14-28(41)15-17-39)8-12-30(31)36-34-37-32-13-9-26(21-40(32)38-34)24-6-2-22(3-7-24)18-29(42)19-23-4-10-27(35)11-5-23/h2-13,20-21,28,41H,14-19H2,1H3,(H,36,38). The van der Waals surface area contributed by atoms with Gasteiger partial charge in [0.15, 0.2) is 5.65 Å². The van der Waals surface area contributed by atoms with Crippen molar-refractivity contribution in [3.05, 3.63) is 108 Å².